The van der Waals surface area contributed by atoms with E-state index in [0.717, 1.165) is 10.8 Å². The van der Waals surface area contributed by atoms with Gasteiger partial charge in [-0.05, 0) is 29.0 Å². The molecule has 3 aromatic rings. The summed E-state index contributed by atoms with van der Waals surface area (Å²) in [5, 5.41) is 18.7. The Morgan fingerprint density at radius 3 is 2.38 bits per heavy atom. The van der Waals surface area contributed by atoms with Crippen molar-refractivity contribution in [2.45, 2.75) is 0 Å². The first-order valence-corrected chi connectivity index (χ1v) is 6.44. The number of hydrogen-bond donors (Lipinski definition) is 1. The number of nitrogens with zero attached hydrogens (tertiary/aromatic N) is 2. The largest absolute Gasteiger partial charge is 0.478 e. The number of rotatable bonds is 3. The molecule has 104 valence electrons. The van der Waals surface area contributed by atoms with Gasteiger partial charge in [0.2, 0.25) is 5.88 Å². The van der Waals surface area contributed by atoms with E-state index in [4.69, 9.17) is 16.3 Å². The highest BCUT2D eigenvalue weighted by atomic mass is 35.5. The van der Waals surface area contributed by atoms with Crippen LogP contribution in [0.3, 0.4) is 0 Å². The van der Waals surface area contributed by atoms with Crippen LogP contribution in [0.1, 0.15) is 10.4 Å². The van der Waals surface area contributed by atoms with E-state index >= 15 is 0 Å². The van der Waals surface area contributed by atoms with Crippen LogP contribution in [0.25, 0.3) is 10.8 Å². The van der Waals surface area contributed by atoms with Crippen LogP contribution in [-0.2, 0) is 0 Å². The molecule has 0 spiro atoms. The van der Waals surface area contributed by atoms with Crippen molar-refractivity contribution in [3.8, 4) is 11.6 Å². The third kappa shape index (κ3) is 2.78. The quantitative estimate of drug-likeness (QED) is 0.797. The fourth-order valence-corrected chi connectivity index (χ4v) is 2.04. The predicted octanol–water partition coefficient (Wildman–Crippen LogP) is 3.77. The van der Waals surface area contributed by atoms with Gasteiger partial charge >= 0.3 is 5.97 Å². The molecule has 5 nitrogen and oxygen atoms in total. The van der Waals surface area contributed by atoms with Gasteiger partial charge in [-0.1, -0.05) is 35.9 Å². The Kier molecular flexibility index (Phi) is 3.41. The number of aromatic nitrogens is 2. The van der Waals surface area contributed by atoms with Gasteiger partial charge < -0.3 is 9.84 Å². The number of halogens is 1. The summed E-state index contributed by atoms with van der Waals surface area (Å²) in [4.78, 5) is 11.4. The van der Waals surface area contributed by atoms with E-state index in [9.17, 15) is 9.90 Å². The Hall–Kier alpha value is -2.66. The molecular formula is C15H9ClN2O3. The minimum absolute atomic E-state index is 0.0606. The number of ether oxygens (including phenoxy) is 1. The summed E-state index contributed by atoms with van der Waals surface area (Å²) in [5.74, 6) is -0.687. The maximum absolute atomic E-state index is 11.4. The van der Waals surface area contributed by atoms with Crippen molar-refractivity contribution in [3.63, 3.8) is 0 Å². The molecule has 0 bridgehead atoms. The molecular weight excluding hydrogens is 292 g/mol. The lowest BCUT2D eigenvalue weighted by Gasteiger charge is -2.09. The molecule has 0 amide bonds. The lowest BCUT2D eigenvalue weighted by molar-refractivity contribution is 0.0694. The van der Waals surface area contributed by atoms with E-state index in [1.165, 1.54) is 12.1 Å². The van der Waals surface area contributed by atoms with Gasteiger partial charge in [0.1, 0.15) is 11.3 Å². The van der Waals surface area contributed by atoms with E-state index < -0.39 is 5.97 Å². The van der Waals surface area contributed by atoms with Crippen LogP contribution in [0.2, 0.25) is 5.15 Å². The van der Waals surface area contributed by atoms with E-state index in [2.05, 4.69) is 10.2 Å². The van der Waals surface area contributed by atoms with Crippen LogP contribution in [0.5, 0.6) is 11.6 Å². The number of carbonyl (C=O) groups is 1. The SMILES string of the molecule is O=C(O)c1cc2ccccc2cc1Oc1ccc(Cl)nn1. The molecule has 0 saturated heterocycles. The normalized spacial score (nSPS) is 10.5. The molecule has 0 unspecified atom stereocenters. The molecule has 3 rings (SSSR count). The van der Waals surface area contributed by atoms with Gasteiger partial charge in [-0.3, -0.25) is 0 Å². The Morgan fingerprint density at radius 1 is 1.05 bits per heavy atom. The monoisotopic (exact) mass is 300 g/mol. The number of carboxylic acid groups (broad SMARTS) is 1. The first-order chi connectivity index (χ1) is 10.1. The second-order valence-electron chi connectivity index (χ2n) is 4.30. The van der Waals surface area contributed by atoms with E-state index in [0.29, 0.717) is 0 Å². The van der Waals surface area contributed by atoms with Crippen molar-refractivity contribution in [3.05, 3.63) is 59.2 Å². The molecule has 0 atom stereocenters. The standard InChI is InChI=1S/C15H9ClN2O3/c16-13-5-6-14(18-17-13)21-12-8-10-4-2-1-3-9(10)7-11(12)15(19)20/h1-8H,(H,19,20). The Bertz CT molecular complexity index is 819. The Morgan fingerprint density at radius 2 is 1.76 bits per heavy atom. The highest BCUT2D eigenvalue weighted by Gasteiger charge is 2.14. The molecule has 2 aromatic carbocycles. The maximum Gasteiger partial charge on any atom is 0.339 e. The molecule has 1 heterocycles. The number of fused-ring (bicyclic) bond motifs is 1. The van der Waals surface area contributed by atoms with Crippen molar-refractivity contribution in [2.24, 2.45) is 0 Å². The maximum atomic E-state index is 11.4. The molecule has 0 aliphatic carbocycles. The van der Waals surface area contributed by atoms with Crippen molar-refractivity contribution < 1.29 is 14.6 Å². The second-order valence-corrected chi connectivity index (χ2v) is 4.68. The molecule has 1 N–H and O–H groups in total. The van der Waals surface area contributed by atoms with Crippen molar-refractivity contribution >= 4 is 28.3 Å². The smallest absolute Gasteiger partial charge is 0.339 e. The van der Waals surface area contributed by atoms with Gasteiger partial charge in [0.05, 0.1) is 0 Å². The van der Waals surface area contributed by atoms with Gasteiger partial charge in [0.15, 0.2) is 5.15 Å². The Balaban J connectivity index is 2.09. The highest BCUT2D eigenvalue weighted by molar-refractivity contribution is 6.29. The van der Waals surface area contributed by atoms with Crippen LogP contribution >= 0.6 is 11.6 Å². The first kappa shape index (κ1) is 13.3. The molecule has 0 saturated carbocycles. The second kappa shape index (κ2) is 5.38. The fraction of sp³-hybridized carbons (Fsp3) is 0. The lowest BCUT2D eigenvalue weighted by atomic mass is 10.1. The highest BCUT2D eigenvalue weighted by Crippen LogP contribution is 2.29. The zero-order chi connectivity index (χ0) is 14.8. The van der Waals surface area contributed by atoms with Crippen LogP contribution in [0.15, 0.2) is 48.5 Å². The van der Waals surface area contributed by atoms with Crippen LogP contribution in [-0.4, -0.2) is 21.3 Å². The first-order valence-electron chi connectivity index (χ1n) is 6.06. The summed E-state index contributed by atoms with van der Waals surface area (Å²) in [6.07, 6.45) is 0. The zero-order valence-corrected chi connectivity index (χ0v) is 11.4. The number of benzene rings is 2. The molecule has 21 heavy (non-hydrogen) atoms. The fourth-order valence-electron chi connectivity index (χ4n) is 1.94. The van der Waals surface area contributed by atoms with Gasteiger partial charge in [0, 0.05) is 6.07 Å². The topological polar surface area (TPSA) is 72.3 Å². The number of hydrogen-bond acceptors (Lipinski definition) is 4. The van der Waals surface area contributed by atoms with Gasteiger partial charge in [-0.2, -0.15) is 0 Å². The van der Waals surface area contributed by atoms with Crippen molar-refractivity contribution in [1.29, 1.82) is 0 Å². The number of carboxylic acids is 1. The third-order valence-electron chi connectivity index (χ3n) is 2.90. The van der Waals surface area contributed by atoms with E-state index in [1.54, 1.807) is 12.1 Å². The molecule has 0 aliphatic rings. The minimum atomic E-state index is -1.07. The Labute approximate surface area is 124 Å². The summed E-state index contributed by atoms with van der Waals surface area (Å²) >= 11 is 5.65. The van der Waals surface area contributed by atoms with Crippen molar-refractivity contribution in [2.75, 3.05) is 0 Å². The van der Waals surface area contributed by atoms with Gasteiger partial charge in [-0.25, -0.2) is 4.79 Å². The average Bonchev–Trinajstić information content (AvgIpc) is 2.48. The van der Waals surface area contributed by atoms with E-state index in [-0.39, 0.29) is 22.3 Å². The van der Waals surface area contributed by atoms with Crippen LogP contribution < -0.4 is 4.74 Å². The predicted molar refractivity (Wildman–Crippen MR) is 78.0 cm³/mol. The molecule has 6 heteroatoms. The molecule has 0 radical (unpaired) electrons. The van der Waals surface area contributed by atoms with Crippen LogP contribution in [0.4, 0.5) is 0 Å². The summed E-state index contributed by atoms with van der Waals surface area (Å²) in [6, 6.07) is 13.7. The summed E-state index contributed by atoms with van der Waals surface area (Å²) < 4.78 is 5.52. The van der Waals surface area contributed by atoms with Gasteiger partial charge in [-0.15, -0.1) is 10.2 Å². The molecule has 0 aliphatic heterocycles. The third-order valence-corrected chi connectivity index (χ3v) is 3.10. The average molecular weight is 301 g/mol. The lowest BCUT2D eigenvalue weighted by Crippen LogP contribution is -2.01. The zero-order valence-electron chi connectivity index (χ0n) is 10.7. The van der Waals surface area contributed by atoms with Crippen LogP contribution in [0, 0.1) is 0 Å². The summed E-state index contributed by atoms with van der Waals surface area (Å²) in [7, 11) is 0. The van der Waals surface area contributed by atoms with Crippen molar-refractivity contribution in [1.82, 2.24) is 10.2 Å². The summed E-state index contributed by atoms with van der Waals surface area (Å²) in [6.45, 7) is 0. The molecule has 0 fully saturated rings. The van der Waals surface area contributed by atoms with E-state index in [1.807, 2.05) is 24.3 Å². The number of aromatic carboxylic acids is 1. The minimum Gasteiger partial charge on any atom is -0.478 e. The molecule has 1 aromatic heterocycles. The van der Waals surface area contributed by atoms with Gasteiger partial charge in [0.25, 0.3) is 0 Å². The summed E-state index contributed by atoms with van der Waals surface area (Å²) in [5.41, 5.74) is 0.0606.